The number of thiazole rings is 1. The van der Waals surface area contributed by atoms with E-state index in [0.29, 0.717) is 13.0 Å². The van der Waals surface area contributed by atoms with Crippen LogP contribution in [0.3, 0.4) is 0 Å². The summed E-state index contributed by atoms with van der Waals surface area (Å²) >= 11 is 1.64. The van der Waals surface area contributed by atoms with E-state index in [-0.39, 0.29) is 18.3 Å². The second kappa shape index (κ2) is 9.65. The van der Waals surface area contributed by atoms with Gasteiger partial charge in [-0.25, -0.2) is 4.98 Å². The van der Waals surface area contributed by atoms with Gasteiger partial charge in [-0.15, -0.1) is 0 Å². The maximum absolute atomic E-state index is 12.7. The number of halogens is 1. The Morgan fingerprint density at radius 3 is 2.62 bits per heavy atom. The van der Waals surface area contributed by atoms with Gasteiger partial charge >= 0.3 is 0 Å². The Balaban J connectivity index is 0.00000243. The summed E-state index contributed by atoms with van der Waals surface area (Å²) in [6.07, 6.45) is 1.42. The summed E-state index contributed by atoms with van der Waals surface area (Å²) in [7, 11) is 0. The highest BCUT2D eigenvalue weighted by atomic mass is 35.5. The SMILES string of the molecule is CCCC(=O)N(CCN1CCOCC1)c1nc2c(C)ccc(C)c2s1.[Cl-]. The van der Waals surface area contributed by atoms with E-state index in [9.17, 15) is 4.79 Å². The lowest BCUT2D eigenvalue weighted by molar-refractivity contribution is -0.118. The first-order valence-corrected chi connectivity index (χ1v) is 9.89. The minimum absolute atomic E-state index is 0. The Morgan fingerprint density at radius 1 is 1.27 bits per heavy atom. The maximum atomic E-state index is 12.7. The lowest BCUT2D eigenvalue weighted by Crippen LogP contribution is -3.00. The van der Waals surface area contributed by atoms with E-state index >= 15 is 0 Å². The first kappa shape index (κ1) is 21.1. The zero-order valence-electron chi connectivity index (χ0n) is 15.8. The number of morpholine rings is 1. The van der Waals surface area contributed by atoms with Gasteiger partial charge in [0.2, 0.25) is 5.91 Å². The third-order valence-corrected chi connectivity index (χ3v) is 5.88. The van der Waals surface area contributed by atoms with Gasteiger partial charge in [0.15, 0.2) is 5.13 Å². The van der Waals surface area contributed by atoms with Crippen molar-refractivity contribution in [2.45, 2.75) is 33.6 Å². The molecular weight excluding hydrogens is 370 g/mol. The summed E-state index contributed by atoms with van der Waals surface area (Å²) in [5.41, 5.74) is 3.42. The molecule has 0 unspecified atom stereocenters. The zero-order valence-corrected chi connectivity index (χ0v) is 17.3. The van der Waals surface area contributed by atoms with Crippen LogP contribution in [0.15, 0.2) is 12.1 Å². The molecule has 1 saturated heterocycles. The van der Waals surface area contributed by atoms with Gasteiger partial charge in [-0.1, -0.05) is 30.4 Å². The van der Waals surface area contributed by atoms with Crippen molar-refractivity contribution in [1.82, 2.24) is 9.88 Å². The van der Waals surface area contributed by atoms with E-state index in [1.54, 1.807) is 11.3 Å². The number of fused-ring (bicyclic) bond motifs is 1. The summed E-state index contributed by atoms with van der Waals surface area (Å²) in [5.74, 6) is 0.171. The number of carbonyl (C=O) groups excluding carboxylic acids is 1. The first-order valence-electron chi connectivity index (χ1n) is 9.07. The molecule has 0 saturated carbocycles. The van der Waals surface area contributed by atoms with Crippen LogP contribution in [0.1, 0.15) is 30.9 Å². The molecule has 144 valence electrons. The molecule has 1 aromatic carbocycles. The number of ether oxygens (including phenoxy) is 1. The molecule has 0 N–H and O–H groups in total. The first-order chi connectivity index (χ1) is 12.1. The van der Waals surface area contributed by atoms with Crippen molar-refractivity contribution in [3.8, 4) is 0 Å². The summed E-state index contributed by atoms with van der Waals surface area (Å²) in [5, 5.41) is 0.833. The van der Waals surface area contributed by atoms with Crippen LogP contribution in [0.25, 0.3) is 10.2 Å². The van der Waals surface area contributed by atoms with E-state index in [2.05, 4.69) is 30.9 Å². The second-order valence-corrected chi connectivity index (χ2v) is 7.60. The van der Waals surface area contributed by atoms with Gasteiger partial charge in [0.05, 0.1) is 23.4 Å². The van der Waals surface area contributed by atoms with Gasteiger partial charge in [0.25, 0.3) is 0 Å². The van der Waals surface area contributed by atoms with Crippen LogP contribution in [0.4, 0.5) is 5.13 Å². The lowest BCUT2D eigenvalue weighted by Gasteiger charge is -2.29. The van der Waals surface area contributed by atoms with Crippen LogP contribution >= 0.6 is 11.3 Å². The third-order valence-electron chi connectivity index (χ3n) is 4.67. The number of rotatable bonds is 6. The van der Waals surface area contributed by atoms with Gasteiger partial charge in [0, 0.05) is 32.6 Å². The molecule has 2 heterocycles. The summed E-state index contributed by atoms with van der Waals surface area (Å²) in [6.45, 7) is 11.2. The molecule has 1 fully saturated rings. The molecule has 0 atom stereocenters. The minimum atomic E-state index is 0. The summed E-state index contributed by atoms with van der Waals surface area (Å²) in [6, 6.07) is 4.23. The second-order valence-electron chi connectivity index (χ2n) is 6.62. The van der Waals surface area contributed by atoms with Gasteiger partial charge < -0.3 is 17.1 Å². The molecule has 26 heavy (non-hydrogen) atoms. The van der Waals surface area contributed by atoms with Crippen LogP contribution in [-0.4, -0.2) is 55.2 Å². The molecule has 1 aromatic heterocycles. The maximum Gasteiger partial charge on any atom is 0.228 e. The smallest absolute Gasteiger partial charge is 0.228 e. The van der Waals surface area contributed by atoms with E-state index in [4.69, 9.17) is 9.72 Å². The third kappa shape index (κ3) is 4.74. The summed E-state index contributed by atoms with van der Waals surface area (Å²) in [4.78, 5) is 21.8. The molecule has 0 spiro atoms. The van der Waals surface area contributed by atoms with Crippen molar-refractivity contribution in [3.63, 3.8) is 0 Å². The van der Waals surface area contributed by atoms with Gasteiger partial charge in [-0.2, -0.15) is 0 Å². The highest BCUT2D eigenvalue weighted by Gasteiger charge is 2.21. The van der Waals surface area contributed by atoms with E-state index in [0.717, 1.165) is 49.9 Å². The fourth-order valence-electron chi connectivity index (χ4n) is 3.11. The molecule has 1 aliphatic rings. The molecule has 0 bridgehead atoms. The Morgan fingerprint density at radius 2 is 1.96 bits per heavy atom. The Bertz CT molecular complexity index is 705. The monoisotopic (exact) mass is 396 g/mol. The summed E-state index contributed by atoms with van der Waals surface area (Å²) < 4.78 is 6.60. The largest absolute Gasteiger partial charge is 1.00 e. The van der Waals surface area contributed by atoms with E-state index < -0.39 is 0 Å². The lowest BCUT2D eigenvalue weighted by atomic mass is 10.1. The van der Waals surface area contributed by atoms with Crippen LogP contribution in [0.2, 0.25) is 0 Å². The number of benzene rings is 1. The standard InChI is InChI=1S/C19H27N3O2S.ClH/c1-4-5-16(23)22(9-8-21-10-12-24-13-11-21)19-20-17-14(2)6-7-15(3)18(17)25-19;/h6-7H,4-5,8-13H2,1-3H3;1H/p-1. The van der Waals surface area contributed by atoms with Crippen LogP contribution in [-0.2, 0) is 9.53 Å². The van der Waals surface area contributed by atoms with E-state index in [1.165, 1.54) is 15.8 Å². The minimum Gasteiger partial charge on any atom is -1.00 e. The highest BCUT2D eigenvalue weighted by Crippen LogP contribution is 2.33. The molecule has 5 nitrogen and oxygen atoms in total. The Hall–Kier alpha value is -1.21. The molecule has 1 amide bonds. The number of amides is 1. The van der Waals surface area contributed by atoms with Crippen LogP contribution < -0.4 is 17.3 Å². The predicted octanol–water partition coefficient (Wildman–Crippen LogP) is 0.382. The normalized spacial score (nSPS) is 15.0. The van der Waals surface area contributed by atoms with E-state index in [1.807, 2.05) is 11.8 Å². The van der Waals surface area contributed by atoms with Crippen molar-refractivity contribution in [1.29, 1.82) is 0 Å². The Kier molecular flexibility index (Phi) is 7.83. The van der Waals surface area contributed by atoms with Crippen molar-refractivity contribution in [2.75, 3.05) is 44.3 Å². The highest BCUT2D eigenvalue weighted by molar-refractivity contribution is 7.22. The Labute approximate surface area is 165 Å². The number of aryl methyl sites for hydroxylation is 2. The van der Waals surface area contributed by atoms with Crippen molar-refractivity contribution in [3.05, 3.63) is 23.3 Å². The number of carbonyl (C=O) groups is 1. The number of hydrogen-bond donors (Lipinski definition) is 0. The topological polar surface area (TPSA) is 45.7 Å². The average Bonchev–Trinajstić information content (AvgIpc) is 3.06. The van der Waals surface area contributed by atoms with Crippen molar-refractivity contribution >= 4 is 32.6 Å². The number of anilines is 1. The molecular formula is C19H27ClN3O2S-. The molecule has 0 aliphatic carbocycles. The van der Waals surface area contributed by atoms with Gasteiger partial charge in [-0.3, -0.25) is 14.6 Å². The van der Waals surface area contributed by atoms with Gasteiger partial charge in [0.1, 0.15) is 0 Å². The molecule has 3 rings (SSSR count). The molecule has 1 aliphatic heterocycles. The van der Waals surface area contributed by atoms with Crippen molar-refractivity contribution < 1.29 is 21.9 Å². The van der Waals surface area contributed by atoms with Gasteiger partial charge in [-0.05, 0) is 31.4 Å². The number of nitrogens with zero attached hydrogens (tertiary/aromatic N) is 3. The average molecular weight is 397 g/mol. The predicted molar refractivity (Wildman–Crippen MR) is 104 cm³/mol. The quantitative estimate of drug-likeness (QED) is 0.708. The number of hydrogen-bond acceptors (Lipinski definition) is 5. The molecule has 2 aromatic rings. The molecule has 0 radical (unpaired) electrons. The van der Waals surface area contributed by atoms with Crippen LogP contribution in [0, 0.1) is 13.8 Å². The fourth-order valence-corrected chi connectivity index (χ4v) is 4.26. The molecule has 7 heteroatoms. The fraction of sp³-hybridized carbons (Fsp3) is 0.579. The van der Waals surface area contributed by atoms with Crippen LogP contribution in [0.5, 0.6) is 0 Å². The van der Waals surface area contributed by atoms with Crippen molar-refractivity contribution in [2.24, 2.45) is 0 Å². The zero-order chi connectivity index (χ0) is 17.8. The number of aromatic nitrogens is 1.